The fourth-order valence-corrected chi connectivity index (χ4v) is 3.47. The molecule has 2 fully saturated rings. The van der Waals surface area contributed by atoms with Crippen molar-refractivity contribution in [1.82, 2.24) is 14.8 Å². The van der Waals surface area contributed by atoms with Crippen molar-refractivity contribution in [3.63, 3.8) is 0 Å². The fourth-order valence-electron chi connectivity index (χ4n) is 2.79. The van der Waals surface area contributed by atoms with E-state index in [1.807, 2.05) is 5.38 Å². The number of hydrogen-bond acceptors (Lipinski definition) is 6. The monoisotopic (exact) mass is 324 g/mol. The van der Waals surface area contributed by atoms with Gasteiger partial charge in [0.2, 0.25) is 5.91 Å². The molecule has 0 saturated carbocycles. The molecule has 3 rings (SSSR count). The number of ether oxygens (including phenoxy) is 1. The number of carbonyl (C=O) groups excluding carboxylic acids is 2. The molecule has 0 bridgehead atoms. The summed E-state index contributed by atoms with van der Waals surface area (Å²) in [4.78, 5) is 33.9. The lowest BCUT2D eigenvalue weighted by Crippen LogP contribution is -2.56. The molecule has 0 N–H and O–H groups in total. The molecule has 8 heteroatoms. The van der Waals surface area contributed by atoms with Gasteiger partial charge in [0.25, 0.3) is 5.91 Å². The van der Waals surface area contributed by atoms with Gasteiger partial charge in [-0.3, -0.25) is 9.59 Å². The first-order chi connectivity index (χ1) is 10.6. The Bertz CT molecular complexity index is 528. The normalized spacial score (nSPS) is 22.8. The fraction of sp³-hybridized carbons (Fsp3) is 0.643. The van der Waals surface area contributed by atoms with Crippen molar-refractivity contribution in [1.29, 1.82) is 0 Å². The molecule has 2 saturated heterocycles. The van der Waals surface area contributed by atoms with Crippen molar-refractivity contribution in [2.24, 2.45) is 0 Å². The SMILES string of the molecule is CC(=O)N1CCN(C(=O)C2CN(c3nccs3)CCO2)CC1. The van der Waals surface area contributed by atoms with Crippen LogP contribution in [0.4, 0.5) is 5.13 Å². The molecule has 1 aromatic heterocycles. The summed E-state index contributed by atoms with van der Waals surface area (Å²) in [5.74, 6) is 0.0837. The summed E-state index contributed by atoms with van der Waals surface area (Å²) in [6.07, 6.45) is 1.33. The Labute approximate surface area is 133 Å². The molecule has 2 amide bonds. The highest BCUT2D eigenvalue weighted by Gasteiger charge is 2.32. The van der Waals surface area contributed by atoms with E-state index in [4.69, 9.17) is 4.74 Å². The molecule has 0 radical (unpaired) electrons. The molecule has 22 heavy (non-hydrogen) atoms. The van der Waals surface area contributed by atoms with Crippen LogP contribution in [0.2, 0.25) is 0 Å². The Hall–Kier alpha value is -1.67. The summed E-state index contributed by atoms with van der Waals surface area (Å²) in [6, 6.07) is 0. The highest BCUT2D eigenvalue weighted by Crippen LogP contribution is 2.21. The molecule has 0 aliphatic carbocycles. The lowest BCUT2D eigenvalue weighted by atomic mass is 10.2. The number of morpholine rings is 1. The second-order valence-corrected chi connectivity index (χ2v) is 6.32. The third kappa shape index (κ3) is 3.22. The first kappa shape index (κ1) is 15.2. The van der Waals surface area contributed by atoms with E-state index < -0.39 is 6.10 Å². The number of hydrogen-bond donors (Lipinski definition) is 0. The highest BCUT2D eigenvalue weighted by atomic mass is 32.1. The van der Waals surface area contributed by atoms with E-state index in [-0.39, 0.29) is 11.8 Å². The number of anilines is 1. The number of piperazine rings is 1. The molecule has 1 unspecified atom stereocenters. The molecular formula is C14H20N4O3S. The van der Waals surface area contributed by atoms with E-state index in [0.717, 1.165) is 11.7 Å². The molecule has 1 aromatic rings. The number of amides is 2. The Balaban J connectivity index is 1.57. The van der Waals surface area contributed by atoms with Gasteiger partial charge in [0.1, 0.15) is 0 Å². The van der Waals surface area contributed by atoms with E-state index in [9.17, 15) is 9.59 Å². The highest BCUT2D eigenvalue weighted by molar-refractivity contribution is 7.13. The number of nitrogens with zero attached hydrogens (tertiary/aromatic N) is 4. The van der Waals surface area contributed by atoms with Crippen LogP contribution in [-0.2, 0) is 14.3 Å². The zero-order valence-electron chi connectivity index (χ0n) is 12.6. The van der Waals surface area contributed by atoms with Crippen molar-refractivity contribution in [3.05, 3.63) is 11.6 Å². The van der Waals surface area contributed by atoms with E-state index in [0.29, 0.717) is 39.3 Å². The molecule has 1 atom stereocenters. The Kier molecular flexibility index (Phi) is 4.58. The predicted molar refractivity (Wildman–Crippen MR) is 82.9 cm³/mol. The minimum atomic E-state index is -0.443. The number of rotatable bonds is 2. The molecule has 7 nitrogen and oxygen atoms in total. The van der Waals surface area contributed by atoms with E-state index in [2.05, 4.69) is 9.88 Å². The Morgan fingerprint density at radius 2 is 1.95 bits per heavy atom. The van der Waals surface area contributed by atoms with Gasteiger partial charge in [0.15, 0.2) is 11.2 Å². The zero-order chi connectivity index (χ0) is 15.5. The first-order valence-corrected chi connectivity index (χ1v) is 8.33. The first-order valence-electron chi connectivity index (χ1n) is 7.45. The molecule has 0 aromatic carbocycles. The van der Waals surface area contributed by atoms with Gasteiger partial charge in [-0.1, -0.05) is 0 Å². The standard InChI is InChI=1S/C14H20N4O3S/c1-11(19)16-3-5-17(6-4-16)13(20)12-10-18(7-8-21-12)14-15-2-9-22-14/h2,9,12H,3-8,10H2,1H3. The maximum atomic E-state index is 12.6. The van der Waals surface area contributed by atoms with Gasteiger partial charge in [-0.15, -0.1) is 11.3 Å². The van der Waals surface area contributed by atoms with Crippen molar-refractivity contribution in [2.75, 3.05) is 50.8 Å². The van der Waals surface area contributed by atoms with Gasteiger partial charge in [-0.2, -0.15) is 0 Å². The minimum absolute atomic E-state index is 0.0180. The molecule has 120 valence electrons. The summed E-state index contributed by atoms with van der Waals surface area (Å²) < 4.78 is 5.66. The number of thiazole rings is 1. The maximum Gasteiger partial charge on any atom is 0.253 e. The average molecular weight is 324 g/mol. The average Bonchev–Trinajstić information content (AvgIpc) is 3.09. The van der Waals surface area contributed by atoms with Crippen LogP contribution >= 0.6 is 11.3 Å². The van der Waals surface area contributed by atoms with E-state index >= 15 is 0 Å². The van der Waals surface area contributed by atoms with E-state index in [1.54, 1.807) is 34.3 Å². The summed E-state index contributed by atoms with van der Waals surface area (Å²) in [5.41, 5.74) is 0. The van der Waals surface area contributed by atoms with Crippen LogP contribution in [0.15, 0.2) is 11.6 Å². The molecule has 2 aliphatic heterocycles. The molecule has 0 spiro atoms. The van der Waals surface area contributed by atoms with Crippen molar-refractivity contribution < 1.29 is 14.3 Å². The number of aromatic nitrogens is 1. The molecule has 2 aliphatic rings. The van der Waals surface area contributed by atoms with Crippen LogP contribution in [0.5, 0.6) is 0 Å². The van der Waals surface area contributed by atoms with Gasteiger partial charge in [-0.05, 0) is 0 Å². The largest absolute Gasteiger partial charge is 0.365 e. The second kappa shape index (κ2) is 6.62. The summed E-state index contributed by atoms with van der Waals surface area (Å²) >= 11 is 1.57. The van der Waals surface area contributed by atoms with Crippen LogP contribution in [0, 0.1) is 0 Å². The third-order valence-electron chi connectivity index (χ3n) is 4.07. The van der Waals surface area contributed by atoms with Crippen molar-refractivity contribution in [3.8, 4) is 0 Å². The lowest BCUT2D eigenvalue weighted by Gasteiger charge is -2.38. The third-order valence-corrected chi connectivity index (χ3v) is 4.90. The van der Waals surface area contributed by atoms with Crippen LogP contribution in [-0.4, -0.2) is 78.6 Å². The van der Waals surface area contributed by atoms with Crippen LogP contribution in [0.25, 0.3) is 0 Å². The summed E-state index contributed by atoms with van der Waals surface area (Å²) in [5, 5.41) is 2.87. The van der Waals surface area contributed by atoms with Gasteiger partial charge in [-0.25, -0.2) is 4.98 Å². The smallest absolute Gasteiger partial charge is 0.253 e. The van der Waals surface area contributed by atoms with Gasteiger partial charge in [0.05, 0.1) is 13.2 Å². The summed E-state index contributed by atoms with van der Waals surface area (Å²) in [6.45, 7) is 5.75. The lowest BCUT2D eigenvalue weighted by molar-refractivity contribution is -0.148. The Morgan fingerprint density at radius 1 is 1.23 bits per heavy atom. The summed E-state index contributed by atoms with van der Waals surface area (Å²) in [7, 11) is 0. The second-order valence-electron chi connectivity index (χ2n) is 5.45. The van der Waals surface area contributed by atoms with Gasteiger partial charge in [0, 0.05) is 51.2 Å². The van der Waals surface area contributed by atoms with E-state index in [1.165, 1.54) is 0 Å². The maximum absolute atomic E-state index is 12.6. The van der Waals surface area contributed by atoms with Crippen LogP contribution in [0.3, 0.4) is 0 Å². The number of carbonyl (C=O) groups is 2. The van der Waals surface area contributed by atoms with Gasteiger partial charge >= 0.3 is 0 Å². The van der Waals surface area contributed by atoms with Crippen molar-refractivity contribution >= 4 is 28.3 Å². The minimum Gasteiger partial charge on any atom is -0.365 e. The molecule has 3 heterocycles. The van der Waals surface area contributed by atoms with Crippen LogP contribution < -0.4 is 4.90 Å². The molecular weight excluding hydrogens is 304 g/mol. The topological polar surface area (TPSA) is 66.0 Å². The quantitative estimate of drug-likeness (QED) is 0.768. The predicted octanol–water partition coefficient (Wildman–Crippen LogP) is 0.0390. The Morgan fingerprint density at radius 3 is 2.59 bits per heavy atom. The zero-order valence-corrected chi connectivity index (χ0v) is 13.4. The van der Waals surface area contributed by atoms with Crippen molar-refractivity contribution in [2.45, 2.75) is 13.0 Å². The van der Waals surface area contributed by atoms with Crippen LogP contribution in [0.1, 0.15) is 6.92 Å². The van der Waals surface area contributed by atoms with Gasteiger partial charge < -0.3 is 19.4 Å².